The molecule has 0 saturated carbocycles. The fourth-order valence-corrected chi connectivity index (χ4v) is 12.3. The van der Waals surface area contributed by atoms with Crippen molar-refractivity contribution in [3.63, 3.8) is 0 Å². The van der Waals surface area contributed by atoms with Gasteiger partial charge in [-0.1, -0.05) is 244 Å². The summed E-state index contributed by atoms with van der Waals surface area (Å²) >= 11 is 3.26. The number of hydrogen-bond donors (Lipinski definition) is 0. The summed E-state index contributed by atoms with van der Waals surface area (Å²) in [7, 11) is 0. The highest BCUT2D eigenvalue weighted by atomic mass is 32.1. The molecule has 6 heteroatoms. The number of ether oxygens (including phenoxy) is 2. The smallest absolute Gasteiger partial charge is 0.179 e. The first kappa shape index (κ1) is 56.0. The highest BCUT2D eigenvalue weighted by molar-refractivity contribution is 7.10. The van der Waals surface area contributed by atoms with Crippen LogP contribution in [0.25, 0.3) is 12.2 Å². The fourth-order valence-electron chi connectivity index (χ4n) is 10.7. The van der Waals surface area contributed by atoms with Crippen LogP contribution in [0.5, 0.6) is 11.5 Å². The second-order valence-electron chi connectivity index (χ2n) is 20.7. The van der Waals surface area contributed by atoms with Crippen molar-refractivity contribution in [3.05, 3.63) is 79.2 Å². The normalized spacial score (nSPS) is 16.3. The van der Waals surface area contributed by atoms with Crippen LogP contribution >= 0.6 is 22.7 Å². The van der Waals surface area contributed by atoms with Gasteiger partial charge in [-0.05, 0) is 60.4 Å². The third kappa shape index (κ3) is 18.3. The van der Waals surface area contributed by atoms with Crippen LogP contribution in [-0.2, 0) is 0 Å². The molecule has 2 aromatic heterocycles. The van der Waals surface area contributed by atoms with Gasteiger partial charge in [0.15, 0.2) is 11.6 Å². The maximum absolute atomic E-state index is 15.2. The molecule has 1 aromatic carbocycles. The minimum atomic E-state index is -0.392. The Bertz CT molecular complexity index is 1740. The van der Waals surface area contributed by atoms with E-state index in [9.17, 15) is 0 Å². The summed E-state index contributed by atoms with van der Waals surface area (Å²) in [6.07, 6.45) is 49.1. The second kappa shape index (κ2) is 33.6. The van der Waals surface area contributed by atoms with Gasteiger partial charge < -0.3 is 9.47 Å². The summed E-state index contributed by atoms with van der Waals surface area (Å²) in [6.45, 7) is 10.3. The number of rotatable bonds is 40. The average Bonchev–Trinajstić information content (AvgIpc) is 4.10. The van der Waals surface area contributed by atoms with Crippen LogP contribution in [0.15, 0.2) is 47.2 Å². The lowest BCUT2D eigenvalue weighted by molar-refractivity contribution is 0.0953. The van der Waals surface area contributed by atoms with Crippen LogP contribution in [0.1, 0.15) is 287 Å². The Labute approximate surface area is 424 Å². The topological polar surface area (TPSA) is 52.6 Å². The molecular formula is C62H94O4S2. The maximum Gasteiger partial charge on any atom is 0.179 e. The van der Waals surface area contributed by atoms with Crippen LogP contribution in [0.2, 0.25) is 0 Å². The first-order valence-electron chi connectivity index (χ1n) is 28.5. The Morgan fingerprint density at radius 2 is 0.721 bits per heavy atom. The van der Waals surface area contributed by atoms with Crippen molar-refractivity contribution in [1.29, 1.82) is 0 Å². The van der Waals surface area contributed by atoms with Gasteiger partial charge in [0, 0.05) is 20.9 Å². The van der Waals surface area contributed by atoms with Gasteiger partial charge in [-0.2, -0.15) is 0 Å². The standard InChI is InChI=1S/C62H94O4S2/c1-5-9-13-17-21-23-27-31-37-49(35-29-25-19-15-11-7-3)47-65-61-53-43-41-52(56-40-34-46-68-56)60(64)58(53)62(54-44-42-51(59(63)57(54)61)55-39-33-45-67-55)66-48-50(36-30-26-20-16-12-8-4)38-32-28-24-22-18-14-10-6-2/h33-34,39-46,49-52H,5-32,35-38,47-48H2,1-4H3. The van der Waals surface area contributed by atoms with Crippen molar-refractivity contribution in [2.24, 2.45) is 11.8 Å². The molecule has 0 bridgehead atoms. The predicted molar refractivity (Wildman–Crippen MR) is 296 cm³/mol. The molecule has 5 rings (SSSR count). The number of thiophene rings is 2. The SMILES string of the molecule is CCCCCCCCCCC(CCCCCCCC)COc1c2c(c(OCC(CCCCCCCC)CCCCCCCCCC)c3c1C(=O)C(c1cccs1)C=C3)C(=O)C(c1cccs1)C=C2. The number of ketones is 2. The zero-order valence-electron chi connectivity index (χ0n) is 43.6. The molecule has 378 valence electrons. The molecule has 3 aromatic rings. The molecule has 0 spiro atoms. The van der Waals surface area contributed by atoms with Crippen LogP contribution in [-0.4, -0.2) is 24.8 Å². The number of hydrogen-bond acceptors (Lipinski definition) is 6. The number of carbonyl (C=O) groups excluding carboxylic acids is 2. The van der Waals surface area contributed by atoms with Crippen LogP contribution in [0.4, 0.5) is 0 Å². The lowest BCUT2D eigenvalue weighted by atomic mass is 9.78. The largest absolute Gasteiger partial charge is 0.492 e. The van der Waals surface area contributed by atoms with E-state index in [-0.39, 0.29) is 11.6 Å². The maximum atomic E-state index is 15.2. The molecule has 4 atom stereocenters. The van der Waals surface area contributed by atoms with E-state index in [4.69, 9.17) is 9.47 Å². The summed E-state index contributed by atoms with van der Waals surface area (Å²) in [5.41, 5.74) is 2.69. The summed E-state index contributed by atoms with van der Waals surface area (Å²) in [5.74, 6) is 1.30. The van der Waals surface area contributed by atoms with Crippen molar-refractivity contribution >= 4 is 46.4 Å². The molecule has 0 amide bonds. The van der Waals surface area contributed by atoms with E-state index in [1.165, 1.54) is 180 Å². The quantitative estimate of drug-likeness (QED) is 0.0533. The zero-order chi connectivity index (χ0) is 48.0. The van der Waals surface area contributed by atoms with Crippen molar-refractivity contribution < 1.29 is 19.1 Å². The Hall–Kier alpha value is -2.96. The molecule has 2 aliphatic carbocycles. The van der Waals surface area contributed by atoms with Gasteiger partial charge in [-0.25, -0.2) is 0 Å². The summed E-state index contributed by atoms with van der Waals surface area (Å²) < 4.78 is 14.3. The van der Waals surface area contributed by atoms with Gasteiger partial charge in [0.25, 0.3) is 0 Å². The molecule has 0 saturated heterocycles. The minimum Gasteiger partial charge on any atom is -0.492 e. The van der Waals surface area contributed by atoms with Gasteiger partial charge in [-0.3, -0.25) is 9.59 Å². The predicted octanol–water partition coefficient (Wildman–Crippen LogP) is 20.3. The van der Waals surface area contributed by atoms with E-state index in [1.54, 1.807) is 22.7 Å². The molecule has 68 heavy (non-hydrogen) atoms. The molecule has 2 aliphatic rings. The number of fused-ring (bicyclic) bond motifs is 2. The third-order valence-corrected chi connectivity index (χ3v) is 16.9. The van der Waals surface area contributed by atoms with Crippen LogP contribution < -0.4 is 9.47 Å². The van der Waals surface area contributed by atoms with E-state index < -0.39 is 11.8 Å². The van der Waals surface area contributed by atoms with E-state index in [0.29, 0.717) is 47.7 Å². The van der Waals surface area contributed by atoms with Crippen molar-refractivity contribution in [1.82, 2.24) is 0 Å². The van der Waals surface area contributed by atoms with E-state index >= 15 is 9.59 Å². The summed E-state index contributed by atoms with van der Waals surface area (Å²) in [6, 6.07) is 8.23. The number of Topliss-reactive ketones (excluding diaryl/α,β-unsaturated/α-hetero) is 2. The number of benzene rings is 1. The van der Waals surface area contributed by atoms with Gasteiger partial charge in [0.05, 0.1) is 36.2 Å². The van der Waals surface area contributed by atoms with Crippen molar-refractivity contribution in [2.45, 2.75) is 245 Å². The van der Waals surface area contributed by atoms with E-state index in [0.717, 1.165) is 46.6 Å². The lowest BCUT2D eigenvalue weighted by Gasteiger charge is -2.30. The number of allylic oxidation sites excluding steroid dienone is 2. The summed E-state index contributed by atoms with van der Waals surface area (Å²) in [4.78, 5) is 32.4. The Kier molecular flexibility index (Phi) is 27.6. The monoisotopic (exact) mass is 967 g/mol. The molecule has 0 radical (unpaired) electrons. The number of carbonyl (C=O) groups is 2. The minimum absolute atomic E-state index is 0.0481. The lowest BCUT2D eigenvalue weighted by Crippen LogP contribution is -2.25. The molecule has 4 unspecified atom stereocenters. The third-order valence-electron chi connectivity index (χ3n) is 14.9. The molecular weight excluding hydrogens is 873 g/mol. The van der Waals surface area contributed by atoms with Crippen LogP contribution in [0, 0.1) is 11.8 Å². The van der Waals surface area contributed by atoms with E-state index in [2.05, 4.69) is 74.9 Å². The summed E-state index contributed by atoms with van der Waals surface area (Å²) in [5, 5.41) is 4.12. The first-order valence-corrected chi connectivity index (χ1v) is 30.3. The Morgan fingerprint density at radius 3 is 1.00 bits per heavy atom. The highest BCUT2D eigenvalue weighted by Crippen LogP contribution is 2.50. The molecule has 4 nitrogen and oxygen atoms in total. The zero-order valence-corrected chi connectivity index (χ0v) is 45.2. The highest BCUT2D eigenvalue weighted by Gasteiger charge is 2.39. The van der Waals surface area contributed by atoms with Gasteiger partial charge >= 0.3 is 0 Å². The van der Waals surface area contributed by atoms with Gasteiger partial charge in [0.1, 0.15) is 11.5 Å². The van der Waals surface area contributed by atoms with Gasteiger partial charge in [-0.15, -0.1) is 22.7 Å². The Morgan fingerprint density at radius 1 is 0.426 bits per heavy atom. The fraction of sp³-hybridized carbons (Fsp3) is 0.677. The molecule has 0 aliphatic heterocycles. The first-order chi connectivity index (χ1) is 33.5. The molecule has 0 N–H and O–H groups in total. The van der Waals surface area contributed by atoms with E-state index in [1.807, 2.05) is 12.1 Å². The van der Waals surface area contributed by atoms with Crippen LogP contribution in [0.3, 0.4) is 0 Å². The van der Waals surface area contributed by atoms with Crippen molar-refractivity contribution in [2.75, 3.05) is 13.2 Å². The van der Waals surface area contributed by atoms with Gasteiger partial charge in [0.2, 0.25) is 0 Å². The Balaban J connectivity index is 1.46. The van der Waals surface area contributed by atoms with Crippen molar-refractivity contribution in [3.8, 4) is 11.5 Å². The number of unbranched alkanes of at least 4 members (excludes halogenated alkanes) is 24. The molecule has 2 heterocycles. The molecule has 0 fully saturated rings. The second-order valence-corrected chi connectivity index (χ2v) is 22.6. The average molecular weight is 968 g/mol.